The molecule has 0 amide bonds. The van der Waals surface area contributed by atoms with Crippen molar-refractivity contribution in [2.24, 2.45) is 5.92 Å². The van der Waals surface area contributed by atoms with Gasteiger partial charge in [-0.25, -0.2) is 9.78 Å². The molecular weight excluding hydrogens is 468 g/mol. The lowest BCUT2D eigenvalue weighted by atomic mass is 9.72. The predicted octanol–water partition coefficient (Wildman–Crippen LogP) is 7.03. The van der Waals surface area contributed by atoms with Gasteiger partial charge in [0.05, 0.1) is 34.5 Å². The third-order valence-corrected chi connectivity index (χ3v) is 7.47. The summed E-state index contributed by atoms with van der Waals surface area (Å²) in [6.07, 6.45) is 6.00. The van der Waals surface area contributed by atoms with E-state index in [4.69, 9.17) is 9.84 Å². The van der Waals surface area contributed by atoms with Crippen molar-refractivity contribution < 1.29 is 14.6 Å². The van der Waals surface area contributed by atoms with E-state index >= 15 is 0 Å². The number of carbonyl (C=O) groups is 1. The summed E-state index contributed by atoms with van der Waals surface area (Å²) in [6, 6.07) is 22.3. The molecule has 1 aromatic heterocycles. The zero-order valence-electron chi connectivity index (χ0n) is 19.8. The number of nitriles is 1. The number of nitrogens with zero attached hydrogens (tertiary/aromatic N) is 2. The molecule has 0 radical (unpaired) electrons. The number of fused-ring (bicyclic) bond motifs is 1. The maximum atomic E-state index is 10.9. The molecule has 4 aromatic rings. The Morgan fingerprint density at radius 3 is 2.56 bits per heavy atom. The second kappa shape index (κ2) is 10.2. The Balaban J connectivity index is 1.77. The van der Waals surface area contributed by atoms with E-state index in [-0.39, 0.29) is 0 Å². The van der Waals surface area contributed by atoms with Crippen LogP contribution >= 0.6 is 11.3 Å². The van der Waals surface area contributed by atoms with Gasteiger partial charge in [-0.1, -0.05) is 36.8 Å². The van der Waals surface area contributed by atoms with Crippen LogP contribution in [0.5, 0.6) is 5.75 Å². The van der Waals surface area contributed by atoms with Crippen molar-refractivity contribution in [2.75, 3.05) is 7.11 Å². The van der Waals surface area contributed by atoms with Crippen molar-refractivity contribution >= 4 is 44.7 Å². The number of carboxylic acid groups (broad SMARTS) is 1. The van der Waals surface area contributed by atoms with Crippen LogP contribution in [0.3, 0.4) is 0 Å². The number of aliphatic carboxylic acids is 1. The third-order valence-electron chi connectivity index (χ3n) is 6.66. The fourth-order valence-electron chi connectivity index (χ4n) is 4.65. The molecule has 1 fully saturated rings. The van der Waals surface area contributed by atoms with E-state index in [2.05, 4.69) is 29.3 Å². The molecule has 6 heteroatoms. The van der Waals surface area contributed by atoms with Crippen molar-refractivity contribution in [1.29, 1.82) is 5.26 Å². The molecule has 3 aromatic carbocycles. The van der Waals surface area contributed by atoms with Gasteiger partial charge in [0.25, 0.3) is 0 Å². The Labute approximate surface area is 213 Å². The summed E-state index contributed by atoms with van der Waals surface area (Å²) in [5, 5.41) is 19.0. The summed E-state index contributed by atoms with van der Waals surface area (Å²) >= 11 is 1.61. The standard InChI is InChI=1S/C30H24N2O3S/c1-35-24-11-12-25(23(15-24)17-31)30(20-3-2-4-20)29(22-10-13-27-26(16-22)32-18-36-27)21-8-5-19(6-9-21)7-14-28(33)34/h5-16,18,20H,2-4H2,1H3,(H,33,34)/b14-7+,30-29+. The van der Waals surface area contributed by atoms with Crippen molar-refractivity contribution in [3.63, 3.8) is 0 Å². The molecule has 1 aliphatic carbocycles. The average molecular weight is 493 g/mol. The number of hydrogen-bond acceptors (Lipinski definition) is 5. The van der Waals surface area contributed by atoms with Crippen molar-refractivity contribution in [3.05, 3.63) is 100 Å². The average Bonchev–Trinajstić information content (AvgIpc) is 3.34. The third kappa shape index (κ3) is 4.66. The number of hydrogen-bond donors (Lipinski definition) is 1. The molecule has 0 spiro atoms. The summed E-state index contributed by atoms with van der Waals surface area (Å²) in [7, 11) is 1.60. The normalized spacial score (nSPS) is 14.3. The van der Waals surface area contributed by atoms with Crippen molar-refractivity contribution in [1.82, 2.24) is 4.98 Å². The Kier molecular flexibility index (Phi) is 6.66. The van der Waals surface area contributed by atoms with Crippen LogP contribution in [0.4, 0.5) is 0 Å². The SMILES string of the molecule is COc1ccc(/C(=C(\c2ccc(/C=C/C(=O)O)cc2)c2ccc3scnc3c2)C2CCC2)c(C#N)c1. The molecule has 1 N–H and O–H groups in total. The number of ether oxygens (including phenoxy) is 1. The van der Waals surface area contributed by atoms with Crippen molar-refractivity contribution in [3.8, 4) is 11.8 Å². The van der Waals surface area contributed by atoms with E-state index in [9.17, 15) is 10.1 Å². The fraction of sp³-hybridized carbons (Fsp3) is 0.167. The van der Waals surface area contributed by atoms with Gasteiger partial charge < -0.3 is 9.84 Å². The zero-order valence-corrected chi connectivity index (χ0v) is 20.6. The number of carboxylic acids is 1. The van der Waals surface area contributed by atoms with Gasteiger partial charge in [-0.05, 0) is 88.6 Å². The Morgan fingerprint density at radius 2 is 1.89 bits per heavy atom. The van der Waals surface area contributed by atoms with Crippen LogP contribution < -0.4 is 4.74 Å². The number of thiazole rings is 1. The highest BCUT2D eigenvalue weighted by atomic mass is 32.1. The topological polar surface area (TPSA) is 83.2 Å². The second-order valence-electron chi connectivity index (χ2n) is 8.77. The number of aromatic nitrogens is 1. The fourth-order valence-corrected chi connectivity index (χ4v) is 5.31. The first kappa shape index (κ1) is 23.5. The Morgan fingerprint density at radius 1 is 1.11 bits per heavy atom. The largest absolute Gasteiger partial charge is 0.497 e. The molecule has 36 heavy (non-hydrogen) atoms. The van der Waals surface area contributed by atoms with Crippen LogP contribution in [0, 0.1) is 17.2 Å². The summed E-state index contributed by atoms with van der Waals surface area (Å²) < 4.78 is 6.52. The summed E-state index contributed by atoms with van der Waals surface area (Å²) in [5.41, 5.74) is 9.40. The maximum Gasteiger partial charge on any atom is 0.328 e. The first-order valence-electron chi connectivity index (χ1n) is 11.7. The highest BCUT2D eigenvalue weighted by Gasteiger charge is 2.29. The summed E-state index contributed by atoms with van der Waals surface area (Å²) in [6.45, 7) is 0. The van der Waals surface area contributed by atoms with Gasteiger partial charge in [0.15, 0.2) is 0 Å². The second-order valence-corrected chi connectivity index (χ2v) is 9.65. The zero-order chi connectivity index (χ0) is 25.1. The van der Waals surface area contributed by atoms with Crippen LogP contribution in [0.2, 0.25) is 0 Å². The number of allylic oxidation sites excluding steroid dienone is 1. The Hall–Kier alpha value is -4.21. The van der Waals surface area contributed by atoms with Crippen LogP contribution in [0.1, 0.15) is 47.1 Å². The number of benzene rings is 3. The van der Waals surface area contributed by atoms with Gasteiger partial charge in [0, 0.05) is 6.08 Å². The first-order chi connectivity index (χ1) is 17.6. The predicted molar refractivity (Wildman–Crippen MR) is 144 cm³/mol. The minimum atomic E-state index is -0.980. The van der Waals surface area contributed by atoms with Gasteiger partial charge in [-0.3, -0.25) is 0 Å². The molecule has 0 unspecified atom stereocenters. The highest BCUT2D eigenvalue weighted by Crippen LogP contribution is 2.46. The van der Waals surface area contributed by atoms with E-state index in [1.54, 1.807) is 30.6 Å². The van der Waals surface area contributed by atoms with Crippen molar-refractivity contribution in [2.45, 2.75) is 19.3 Å². The molecule has 5 nitrogen and oxygen atoms in total. The molecular formula is C30H24N2O3S. The molecule has 1 aliphatic rings. The molecule has 1 saturated carbocycles. The molecule has 1 heterocycles. The van der Waals surface area contributed by atoms with Gasteiger partial charge in [-0.15, -0.1) is 11.3 Å². The lowest BCUT2D eigenvalue weighted by molar-refractivity contribution is -0.131. The smallest absolute Gasteiger partial charge is 0.328 e. The Bertz CT molecular complexity index is 1540. The molecule has 0 atom stereocenters. The molecule has 0 saturated heterocycles. The number of methoxy groups -OCH3 is 1. The highest BCUT2D eigenvalue weighted by molar-refractivity contribution is 7.16. The quantitative estimate of drug-likeness (QED) is 0.221. The van der Waals surface area contributed by atoms with Gasteiger partial charge in [0.1, 0.15) is 5.75 Å². The molecule has 178 valence electrons. The first-order valence-corrected chi connectivity index (χ1v) is 12.6. The lowest BCUT2D eigenvalue weighted by Gasteiger charge is -2.32. The van der Waals surface area contributed by atoms with E-state index in [1.165, 1.54) is 0 Å². The van der Waals surface area contributed by atoms with Gasteiger partial charge in [-0.2, -0.15) is 5.26 Å². The minimum Gasteiger partial charge on any atom is -0.497 e. The van der Waals surface area contributed by atoms with Crippen LogP contribution in [-0.4, -0.2) is 23.2 Å². The van der Waals surface area contributed by atoms with Crippen LogP contribution in [-0.2, 0) is 4.79 Å². The van der Waals surface area contributed by atoms with Gasteiger partial charge >= 0.3 is 5.97 Å². The van der Waals surface area contributed by atoms with E-state index in [0.717, 1.165) is 69.0 Å². The molecule has 5 rings (SSSR count). The monoisotopic (exact) mass is 492 g/mol. The van der Waals surface area contributed by atoms with E-state index in [1.807, 2.05) is 41.9 Å². The van der Waals surface area contributed by atoms with E-state index < -0.39 is 5.97 Å². The van der Waals surface area contributed by atoms with Crippen LogP contribution in [0.25, 0.3) is 27.4 Å². The lowest BCUT2D eigenvalue weighted by Crippen LogP contribution is -2.16. The summed E-state index contributed by atoms with van der Waals surface area (Å²) in [4.78, 5) is 15.5. The minimum absolute atomic E-state index is 0.332. The molecule has 0 bridgehead atoms. The van der Waals surface area contributed by atoms with Crippen LogP contribution in [0.15, 0.2) is 72.3 Å². The van der Waals surface area contributed by atoms with E-state index in [0.29, 0.717) is 17.2 Å². The summed E-state index contributed by atoms with van der Waals surface area (Å²) in [5.74, 6) is 0.00789. The number of rotatable bonds is 7. The molecule has 0 aliphatic heterocycles. The van der Waals surface area contributed by atoms with Gasteiger partial charge in [0.2, 0.25) is 0 Å². The maximum absolute atomic E-state index is 10.9.